The minimum Gasteiger partial charge on any atom is -0.495 e. The van der Waals surface area contributed by atoms with Crippen molar-refractivity contribution in [2.75, 3.05) is 71.5 Å². The van der Waals surface area contributed by atoms with Crippen molar-refractivity contribution in [1.29, 1.82) is 0 Å². The molecule has 0 unspecified atom stereocenters. The number of benzene rings is 1. The zero-order valence-electron chi connectivity index (χ0n) is 16.7. The summed E-state index contributed by atoms with van der Waals surface area (Å²) in [6.07, 6.45) is 0. The highest BCUT2D eigenvalue weighted by Gasteiger charge is 2.28. The van der Waals surface area contributed by atoms with Crippen molar-refractivity contribution in [2.45, 2.75) is 13.0 Å². The molecule has 2 saturated heterocycles. The molecule has 1 N–H and O–H groups in total. The maximum absolute atomic E-state index is 12.7. The lowest BCUT2D eigenvalue weighted by Crippen LogP contribution is -2.55. The monoisotopic (exact) mass is 390 g/mol. The average molecular weight is 390 g/mol. The number of rotatable bonds is 6. The lowest BCUT2D eigenvalue weighted by molar-refractivity contribution is -0.137. The third kappa shape index (κ3) is 5.21. The van der Waals surface area contributed by atoms with E-state index >= 15 is 0 Å². The molecular weight excluding hydrogens is 360 g/mol. The van der Waals surface area contributed by atoms with Crippen molar-refractivity contribution in [2.24, 2.45) is 0 Å². The summed E-state index contributed by atoms with van der Waals surface area (Å²) in [6, 6.07) is 7.15. The summed E-state index contributed by atoms with van der Waals surface area (Å²) < 4.78 is 10.6. The van der Waals surface area contributed by atoms with Gasteiger partial charge >= 0.3 is 0 Å². The number of anilines is 1. The predicted molar refractivity (Wildman–Crippen MR) is 106 cm³/mol. The van der Waals surface area contributed by atoms with Crippen molar-refractivity contribution in [3.05, 3.63) is 24.3 Å². The van der Waals surface area contributed by atoms with E-state index in [9.17, 15) is 9.59 Å². The number of methoxy groups -OCH3 is 1. The zero-order chi connectivity index (χ0) is 19.9. The number of carbonyl (C=O) groups is 2. The molecule has 3 rings (SSSR count). The summed E-state index contributed by atoms with van der Waals surface area (Å²) in [4.78, 5) is 31.2. The van der Waals surface area contributed by atoms with Crippen LogP contribution >= 0.6 is 0 Å². The van der Waals surface area contributed by atoms with Gasteiger partial charge in [0.25, 0.3) is 0 Å². The fraction of sp³-hybridized carbons (Fsp3) is 0.600. The molecule has 0 saturated carbocycles. The molecule has 2 amide bonds. The number of nitrogens with one attached hydrogen (secondary N) is 1. The molecule has 0 aromatic heterocycles. The van der Waals surface area contributed by atoms with Gasteiger partial charge in [0.05, 0.1) is 38.6 Å². The van der Waals surface area contributed by atoms with Crippen molar-refractivity contribution in [3.63, 3.8) is 0 Å². The van der Waals surface area contributed by atoms with Crippen LogP contribution in [0.5, 0.6) is 5.75 Å². The van der Waals surface area contributed by atoms with Gasteiger partial charge in [-0.2, -0.15) is 0 Å². The summed E-state index contributed by atoms with van der Waals surface area (Å²) in [6.45, 7) is 8.04. The highest BCUT2D eigenvalue weighted by Crippen LogP contribution is 2.23. The Balaban J connectivity index is 1.46. The quantitative estimate of drug-likeness (QED) is 0.763. The number of ether oxygens (including phenoxy) is 2. The number of hydrogen-bond donors (Lipinski definition) is 1. The number of hydrogen-bond acceptors (Lipinski definition) is 6. The van der Waals surface area contributed by atoms with Crippen molar-refractivity contribution >= 4 is 17.5 Å². The Morgan fingerprint density at radius 2 is 1.79 bits per heavy atom. The van der Waals surface area contributed by atoms with Crippen LogP contribution in [0.4, 0.5) is 5.69 Å². The van der Waals surface area contributed by atoms with Gasteiger partial charge in [-0.05, 0) is 19.1 Å². The predicted octanol–water partition coefficient (Wildman–Crippen LogP) is 0.499. The molecule has 0 bridgehead atoms. The van der Waals surface area contributed by atoms with Crippen LogP contribution in [0, 0.1) is 0 Å². The first-order valence-corrected chi connectivity index (χ1v) is 9.84. The smallest absolute Gasteiger partial charge is 0.241 e. The van der Waals surface area contributed by atoms with Gasteiger partial charge < -0.3 is 19.7 Å². The topological polar surface area (TPSA) is 74.4 Å². The first kappa shape index (κ1) is 20.6. The molecule has 2 aliphatic rings. The normalized spacial score (nSPS) is 19.9. The van der Waals surface area contributed by atoms with Crippen LogP contribution < -0.4 is 10.1 Å². The van der Waals surface area contributed by atoms with E-state index in [0.717, 1.165) is 26.2 Å². The molecule has 8 nitrogen and oxygen atoms in total. The van der Waals surface area contributed by atoms with Crippen LogP contribution in [0.15, 0.2) is 24.3 Å². The first-order chi connectivity index (χ1) is 13.6. The molecule has 2 heterocycles. The van der Waals surface area contributed by atoms with Gasteiger partial charge in [0.1, 0.15) is 5.75 Å². The maximum atomic E-state index is 12.7. The summed E-state index contributed by atoms with van der Waals surface area (Å²) in [7, 11) is 1.59. The Bertz CT molecular complexity index is 670. The molecule has 0 spiro atoms. The summed E-state index contributed by atoms with van der Waals surface area (Å²) in [5.74, 6) is 0.760. The second-order valence-corrected chi connectivity index (χ2v) is 7.17. The van der Waals surface area contributed by atoms with Gasteiger partial charge in [-0.1, -0.05) is 12.1 Å². The van der Waals surface area contributed by atoms with E-state index in [1.807, 2.05) is 36.1 Å². The Morgan fingerprint density at radius 1 is 1.11 bits per heavy atom. The Labute approximate surface area is 166 Å². The standard InChI is InChI=1S/C20H30N4O4/c1-16(20(26)21-17-5-3-4-6-18(17)27-2)23-9-7-22(8-10-23)15-19(25)24-11-13-28-14-12-24/h3-6,16H,7-15H2,1-2H3,(H,21,26)/t16-/m0/s1. The molecule has 8 heteroatoms. The van der Waals surface area contributed by atoms with Crippen LogP contribution in [0.3, 0.4) is 0 Å². The minimum absolute atomic E-state index is 0.0534. The molecule has 2 fully saturated rings. The van der Waals surface area contributed by atoms with Crippen LogP contribution in [0.2, 0.25) is 0 Å². The molecule has 1 aromatic carbocycles. The van der Waals surface area contributed by atoms with E-state index < -0.39 is 0 Å². The molecule has 154 valence electrons. The third-order valence-electron chi connectivity index (χ3n) is 5.42. The van der Waals surface area contributed by atoms with Crippen LogP contribution in [0.1, 0.15) is 6.92 Å². The van der Waals surface area contributed by atoms with E-state index in [0.29, 0.717) is 44.3 Å². The molecule has 0 aliphatic carbocycles. The largest absolute Gasteiger partial charge is 0.495 e. The Kier molecular flexibility index (Phi) is 7.24. The number of piperazine rings is 1. The lowest BCUT2D eigenvalue weighted by Gasteiger charge is -2.38. The summed E-state index contributed by atoms with van der Waals surface area (Å²) in [5.41, 5.74) is 0.677. The SMILES string of the molecule is COc1ccccc1NC(=O)[C@H](C)N1CCN(CC(=O)N2CCOCC2)CC1. The second kappa shape index (κ2) is 9.86. The zero-order valence-corrected chi connectivity index (χ0v) is 16.7. The molecule has 1 atom stereocenters. The molecule has 0 radical (unpaired) electrons. The van der Waals surface area contributed by atoms with Crippen LogP contribution in [0.25, 0.3) is 0 Å². The first-order valence-electron chi connectivity index (χ1n) is 9.84. The lowest BCUT2D eigenvalue weighted by atomic mass is 10.2. The number of para-hydroxylation sites is 2. The fourth-order valence-electron chi connectivity index (χ4n) is 3.56. The Hall–Kier alpha value is -2.16. The highest BCUT2D eigenvalue weighted by atomic mass is 16.5. The fourth-order valence-corrected chi connectivity index (χ4v) is 3.56. The average Bonchev–Trinajstić information content (AvgIpc) is 2.74. The van der Waals surface area contributed by atoms with Gasteiger partial charge in [0.15, 0.2) is 0 Å². The van der Waals surface area contributed by atoms with Gasteiger partial charge in [-0.25, -0.2) is 0 Å². The highest BCUT2D eigenvalue weighted by molar-refractivity contribution is 5.95. The maximum Gasteiger partial charge on any atom is 0.241 e. The van der Waals surface area contributed by atoms with Gasteiger partial charge in [0, 0.05) is 39.3 Å². The third-order valence-corrected chi connectivity index (χ3v) is 5.42. The van der Waals surface area contributed by atoms with Crippen molar-refractivity contribution in [1.82, 2.24) is 14.7 Å². The van der Waals surface area contributed by atoms with Crippen molar-refractivity contribution in [3.8, 4) is 5.75 Å². The number of morpholine rings is 1. The number of carbonyl (C=O) groups excluding carboxylic acids is 2. The minimum atomic E-state index is -0.248. The summed E-state index contributed by atoms with van der Waals surface area (Å²) in [5, 5.41) is 2.95. The van der Waals surface area contributed by atoms with Crippen molar-refractivity contribution < 1.29 is 19.1 Å². The number of nitrogens with zero attached hydrogens (tertiary/aromatic N) is 3. The molecule has 2 aliphatic heterocycles. The molecular formula is C20H30N4O4. The summed E-state index contributed by atoms with van der Waals surface area (Å²) >= 11 is 0. The van der Waals surface area contributed by atoms with E-state index in [1.165, 1.54) is 0 Å². The molecule has 1 aromatic rings. The van der Waals surface area contributed by atoms with Crippen LogP contribution in [-0.2, 0) is 14.3 Å². The van der Waals surface area contributed by atoms with Gasteiger partial charge in [0.2, 0.25) is 11.8 Å². The Morgan fingerprint density at radius 3 is 2.46 bits per heavy atom. The van der Waals surface area contributed by atoms with E-state index in [2.05, 4.69) is 15.1 Å². The second-order valence-electron chi connectivity index (χ2n) is 7.17. The number of amides is 2. The molecule has 28 heavy (non-hydrogen) atoms. The van der Waals surface area contributed by atoms with E-state index in [4.69, 9.17) is 9.47 Å². The van der Waals surface area contributed by atoms with E-state index in [-0.39, 0.29) is 17.9 Å². The van der Waals surface area contributed by atoms with Crippen LogP contribution in [-0.4, -0.2) is 98.7 Å². The van der Waals surface area contributed by atoms with Gasteiger partial charge in [-0.15, -0.1) is 0 Å². The van der Waals surface area contributed by atoms with Gasteiger partial charge in [-0.3, -0.25) is 19.4 Å². The van der Waals surface area contributed by atoms with E-state index in [1.54, 1.807) is 7.11 Å².